The Labute approximate surface area is 185 Å². The van der Waals surface area contributed by atoms with E-state index in [4.69, 9.17) is 18.9 Å². The molecule has 1 aromatic heterocycles. The summed E-state index contributed by atoms with van der Waals surface area (Å²) >= 11 is 1.48. The van der Waals surface area contributed by atoms with Gasteiger partial charge in [-0.2, -0.15) is 0 Å². The highest BCUT2D eigenvalue weighted by Gasteiger charge is 2.26. The third kappa shape index (κ3) is 5.26. The van der Waals surface area contributed by atoms with E-state index < -0.39 is 0 Å². The molecule has 1 atom stereocenters. The number of hydrogen-bond donors (Lipinski definition) is 0. The van der Waals surface area contributed by atoms with Crippen LogP contribution in [0.1, 0.15) is 19.8 Å². The van der Waals surface area contributed by atoms with Crippen molar-refractivity contribution in [3.8, 4) is 17.2 Å². The van der Waals surface area contributed by atoms with E-state index in [1.807, 2.05) is 37.3 Å². The standard InChI is InChI=1S/C23H26N2O5S/c1-3-28-16-6-8-17(9-7-16)30-15-22(26)25(14-19-5-4-12-29-19)23-24-20-13-18(27-2)10-11-21(20)31-23/h6-11,13,19H,3-5,12,14-15H2,1-2H3. The van der Waals surface area contributed by atoms with Crippen molar-refractivity contribution < 1.29 is 23.7 Å². The summed E-state index contributed by atoms with van der Waals surface area (Å²) < 4.78 is 23.2. The summed E-state index contributed by atoms with van der Waals surface area (Å²) in [5.41, 5.74) is 0.803. The molecule has 2 heterocycles. The number of benzene rings is 2. The van der Waals surface area contributed by atoms with E-state index in [0.29, 0.717) is 24.0 Å². The van der Waals surface area contributed by atoms with Crippen LogP contribution in [0.3, 0.4) is 0 Å². The average Bonchev–Trinajstić information content (AvgIpc) is 3.46. The molecule has 0 spiro atoms. The molecule has 0 N–H and O–H groups in total. The van der Waals surface area contributed by atoms with Gasteiger partial charge in [-0.15, -0.1) is 0 Å². The highest BCUT2D eigenvalue weighted by molar-refractivity contribution is 7.22. The van der Waals surface area contributed by atoms with Crippen LogP contribution in [0.15, 0.2) is 42.5 Å². The van der Waals surface area contributed by atoms with Gasteiger partial charge in [0.2, 0.25) is 0 Å². The van der Waals surface area contributed by atoms with Gasteiger partial charge in [-0.05, 0) is 56.2 Å². The fraction of sp³-hybridized carbons (Fsp3) is 0.391. The zero-order chi connectivity index (χ0) is 21.6. The molecule has 1 unspecified atom stereocenters. The molecule has 1 aliphatic rings. The maximum absolute atomic E-state index is 13.1. The van der Waals surface area contributed by atoms with Gasteiger partial charge in [0.1, 0.15) is 17.2 Å². The predicted molar refractivity (Wildman–Crippen MR) is 121 cm³/mol. The van der Waals surface area contributed by atoms with Gasteiger partial charge >= 0.3 is 0 Å². The van der Waals surface area contributed by atoms with Crippen LogP contribution in [-0.4, -0.2) is 50.5 Å². The Morgan fingerprint density at radius 1 is 1.16 bits per heavy atom. The van der Waals surface area contributed by atoms with E-state index in [2.05, 4.69) is 4.98 Å². The molecule has 1 saturated heterocycles. The van der Waals surface area contributed by atoms with Gasteiger partial charge in [-0.25, -0.2) is 4.98 Å². The quantitative estimate of drug-likeness (QED) is 0.492. The smallest absolute Gasteiger partial charge is 0.266 e. The second-order valence-corrected chi connectivity index (χ2v) is 8.17. The number of thiazole rings is 1. The van der Waals surface area contributed by atoms with E-state index in [1.165, 1.54) is 11.3 Å². The molecule has 31 heavy (non-hydrogen) atoms. The van der Waals surface area contributed by atoms with Gasteiger partial charge in [0.25, 0.3) is 5.91 Å². The molecule has 0 aliphatic carbocycles. The van der Waals surface area contributed by atoms with Gasteiger partial charge in [-0.1, -0.05) is 11.3 Å². The van der Waals surface area contributed by atoms with Crippen LogP contribution >= 0.6 is 11.3 Å². The summed E-state index contributed by atoms with van der Waals surface area (Å²) in [5, 5.41) is 0.638. The molecule has 3 aromatic rings. The summed E-state index contributed by atoms with van der Waals surface area (Å²) in [4.78, 5) is 19.5. The first-order valence-electron chi connectivity index (χ1n) is 10.4. The summed E-state index contributed by atoms with van der Waals surface area (Å²) in [6.07, 6.45) is 1.95. The zero-order valence-corrected chi connectivity index (χ0v) is 18.5. The largest absolute Gasteiger partial charge is 0.497 e. The van der Waals surface area contributed by atoms with Crippen molar-refractivity contribution in [3.05, 3.63) is 42.5 Å². The second kappa shape index (κ2) is 9.98. The molecular weight excluding hydrogens is 416 g/mol. The number of aromatic nitrogens is 1. The molecule has 164 valence electrons. The van der Waals surface area contributed by atoms with Crippen LogP contribution in [0.25, 0.3) is 10.2 Å². The van der Waals surface area contributed by atoms with E-state index in [0.717, 1.165) is 41.2 Å². The molecule has 0 bridgehead atoms. The molecule has 8 heteroatoms. The lowest BCUT2D eigenvalue weighted by Crippen LogP contribution is -2.40. The number of anilines is 1. The van der Waals surface area contributed by atoms with Crippen LogP contribution in [0.4, 0.5) is 5.13 Å². The van der Waals surface area contributed by atoms with E-state index in [-0.39, 0.29) is 18.6 Å². The minimum atomic E-state index is -0.157. The van der Waals surface area contributed by atoms with Crippen molar-refractivity contribution in [2.24, 2.45) is 0 Å². The molecule has 7 nitrogen and oxygen atoms in total. The van der Waals surface area contributed by atoms with Crippen molar-refractivity contribution >= 4 is 32.6 Å². The monoisotopic (exact) mass is 442 g/mol. The van der Waals surface area contributed by atoms with Crippen LogP contribution in [0.2, 0.25) is 0 Å². The zero-order valence-electron chi connectivity index (χ0n) is 17.7. The Kier molecular flexibility index (Phi) is 6.89. The number of hydrogen-bond acceptors (Lipinski definition) is 7. The molecule has 2 aromatic carbocycles. The van der Waals surface area contributed by atoms with Gasteiger partial charge in [0.05, 0.1) is 36.6 Å². The first kappa shape index (κ1) is 21.4. The van der Waals surface area contributed by atoms with Gasteiger partial charge in [0.15, 0.2) is 11.7 Å². The molecule has 0 saturated carbocycles. The number of rotatable bonds is 9. The maximum atomic E-state index is 13.1. The Hall–Kier alpha value is -2.84. The van der Waals surface area contributed by atoms with E-state index in [1.54, 1.807) is 24.1 Å². The number of nitrogens with zero attached hydrogens (tertiary/aromatic N) is 2. The Morgan fingerprint density at radius 3 is 2.58 bits per heavy atom. The van der Waals surface area contributed by atoms with E-state index >= 15 is 0 Å². The normalized spacial score (nSPS) is 15.7. The fourth-order valence-electron chi connectivity index (χ4n) is 3.44. The highest BCUT2D eigenvalue weighted by Crippen LogP contribution is 2.32. The van der Waals surface area contributed by atoms with Crippen molar-refractivity contribution in [1.82, 2.24) is 4.98 Å². The summed E-state index contributed by atoms with van der Waals surface area (Å²) in [5.74, 6) is 1.96. The van der Waals surface area contributed by atoms with Crippen molar-refractivity contribution in [3.63, 3.8) is 0 Å². The molecule has 1 fully saturated rings. The lowest BCUT2D eigenvalue weighted by atomic mass is 10.2. The Morgan fingerprint density at radius 2 is 1.90 bits per heavy atom. The van der Waals surface area contributed by atoms with Gasteiger partial charge in [-0.3, -0.25) is 9.69 Å². The Bertz CT molecular complexity index is 1010. The molecule has 0 radical (unpaired) electrons. The minimum Gasteiger partial charge on any atom is -0.497 e. The topological polar surface area (TPSA) is 70.1 Å². The summed E-state index contributed by atoms with van der Waals surface area (Å²) in [7, 11) is 1.62. The second-order valence-electron chi connectivity index (χ2n) is 7.16. The van der Waals surface area contributed by atoms with Gasteiger partial charge < -0.3 is 18.9 Å². The van der Waals surface area contributed by atoms with Crippen LogP contribution in [-0.2, 0) is 9.53 Å². The van der Waals surface area contributed by atoms with Crippen molar-refractivity contribution in [2.45, 2.75) is 25.9 Å². The van der Waals surface area contributed by atoms with Crippen molar-refractivity contribution in [1.29, 1.82) is 0 Å². The summed E-state index contributed by atoms with van der Waals surface area (Å²) in [6, 6.07) is 13.0. The number of carbonyl (C=O) groups excluding carboxylic acids is 1. The highest BCUT2D eigenvalue weighted by atomic mass is 32.1. The molecule has 1 aliphatic heterocycles. The first-order valence-corrected chi connectivity index (χ1v) is 11.2. The van der Waals surface area contributed by atoms with Crippen LogP contribution in [0, 0.1) is 0 Å². The summed E-state index contributed by atoms with van der Waals surface area (Å²) in [6.45, 7) is 3.64. The lowest BCUT2D eigenvalue weighted by Gasteiger charge is -2.23. The van der Waals surface area contributed by atoms with Gasteiger partial charge in [0, 0.05) is 12.7 Å². The SMILES string of the molecule is CCOc1ccc(OCC(=O)N(CC2CCCO2)c2nc3cc(OC)ccc3s2)cc1. The third-order valence-corrected chi connectivity index (χ3v) is 6.08. The number of ether oxygens (including phenoxy) is 4. The van der Waals surface area contributed by atoms with Crippen LogP contribution in [0.5, 0.6) is 17.2 Å². The molecular formula is C23H26N2O5S. The molecule has 1 amide bonds. The average molecular weight is 443 g/mol. The maximum Gasteiger partial charge on any atom is 0.266 e. The fourth-order valence-corrected chi connectivity index (χ4v) is 4.41. The van der Waals surface area contributed by atoms with Crippen LogP contribution < -0.4 is 19.1 Å². The third-order valence-electron chi connectivity index (χ3n) is 5.02. The number of amides is 1. The molecule has 4 rings (SSSR count). The number of methoxy groups -OCH3 is 1. The van der Waals surface area contributed by atoms with Crippen molar-refractivity contribution in [2.75, 3.05) is 38.4 Å². The predicted octanol–water partition coefficient (Wildman–Crippen LogP) is 4.29. The number of fused-ring (bicyclic) bond motifs is 1. The minimum absolute atomic E-state index is 0.0102. The lowest BCUT2D eigenvalue weighted by molar-refractivity contribution is -0.120. The number of carbonyl (C=O) groups is 1. The first-order chi connectivity index (χ1) is 15.2. The Balaban J connectivity index is 1.50. The van der Waals surface area contributed by atoms with E-state index in [9.17, 15) is 4.79 Å².